The number of amides is 1. The minimum Gasteiger partial charge on any atom is -0.479 e. The number of rotatable bonds is 5. The van der Waals surface area contributed by atoms with Gasteiger partial charge in [0.2, 0.25) is 0 Å². The molecular weight excluding hydrogens is 234 g/mol. The lowest BCUT2D eigenvalue weighted by Crippen LogP contribution is -2.36. The first-order chi connectivity index (χ1) is 8.41. The summed E-state index contributed by atoms with van der Waals surface area (Å²) in [5.74, 6) is -1.37. The van der Waals surface area contributed by atoms with Gasteiger partial charge in [-0.2, -0.15) is 0 Å². The van der Waals surface area contributed by atoms with Gasteiger partial charge in [-0.25, -0.2) is 4.79 Å². The summed E-state index contributed by atoms with van der Waals surface area (Å²) in [6, 6.07) is 7.07. The maximum Gasteiger partial charge on any atom is 0.334 e. The van der Waals surface area contributed by atoms with E-state index in [2.05, 4.69) is 19.2 Å². The fourth-order valence-electron chi connectivity index (χ4n) is 1.40. The Bertz CT molecular complexity index is 425. The van der Waals surface area contributed by atoms with Crippen LogP contribution in [0.1, 0.15) is 35.7 Å². The Balaban J connectivity index is 2.59. The van der Waals surface area contributed by atoms with Gasteiger partial charge in [0, 0.05) is 5.56 Å². The van der Waals surface area contributed by atoms with Gasteiger partial charge in [-0.3, -0.25) is 4.79 Å². The molecule has 0 spiro atoms. The van der Waals surface area contributed by atoms with Gasteiger partial charge in [-0.1, -0.05) is 26.0 Å². The molecule has 0 saturated carbocycles. The lowest BCUT2D eigenvalue weighted by Gasteiger charge is -2.09. The molecule has 98 valence electrons. The van der Waals surface area contributed by atoms with E-state index in [0.717, 1.165) is 5.56 Å². The van der Waals surface area contributed by atoms with Crippen molar-refractivity contribution in [3.8, 4) is 0 Å². The Morgan fingerprint density at radius 1 is 1.22 bits per heavy atom. The second kappa shape index (κ2) is 6.16. The monoisotopic (exact) mass is 251 g/mol. The van der Waals surface area contributed by atoms with Crippen LogP contribution in [0.15, 0.2) is 24.3 Å². The fourth-order valence-corrected chi connectivity index (χ4v) is 1.40. The number of aliphatic carboxylic acids is 1. The fraction of sp³-hybridized carbons (Fsp3) is 0.385. The quantitative estimate of drug-likeness (QED) is 0.728. The second-order valence-electron chi connectivity index (χ2n) is 4.34. The molecule has 5 heteroatoms. The molecule has 1 unspecified atom stereocenters. The Morgan fingerprint density at radius 3 is 2.22 bits per heavy atom. The molecule has 1 aromatic carbocycles. The summed E-state index contributed by atoms with van der Waals surface area (Å²) >= 11 is 0. The number of carbonyl (C=O) groups is 2. The van der Waals surface area contributed by atoms with Crippen LogP contribution in [0.2, 0.25) is 0 Å². The van der Waals surface area contributed by atoms with Crippen LogP contribution < -0.4 is 5.32 Å². The largest absolute Gasteiger partial charge is 0.479 e. The zero-order valence-electron chi connectivity index (χ0n) is 10.4. The van der Waals surface area contributed by atoms with Crippen molar-refractivity contribution in [3.05, 3.63) is 35.4 Å². The molecule has 5 nitrogen and oxygen atoms in total. The summed E-state index contributed by atoms with van der Waals surface area (Å²) in [5, 5.41) is 19.8. The van der Waals surface area contributed by atoms with Crippen molar-refractivity contribution in [2.45, 2.75) is 25.9 Å². The number of aliphatic hydroxyl groups is 1. The van der Waals surface area contributed by atoms with Crippen LogP contribution in [0.3, 0.4) is 0 Å². The summed E-state index contributed by atoms with van der Waals surface area (Å²) in [6.45, 7) is 3.80. The number of carbonyl (C=O) groups excluding carboxylic acids is 1. The molecule has 0 aliphatic carbocycles. The summed E-state index contributed by atoms with van der Waals surface area (Å²) in [5.41, 5.74) is 1.56. The van der Waals surface area contributed by atoms with Crippen LogP contribution in [0, 0.1) is 0 Å². The lowest BCUT2D eigenvalue weighted by atomic mass is 10.0. The van der Waals surface area contributed by atoms with Crippen molar-refractivity contribution >= 4 is 11.9 Å². The molecular formula is C13H17NO4. The molecule has 18 heavy (non-hydrogen) atoms. The van der Waals surface area contributed by atoms with Gasteiger partial charge in [0.25, 0.3) is 5.91 Å². The number of carboxylic acid groups (broad SMARTS) is 1. The Morgan fingerprint density at radius 2 is 1.78 bits per heavy atom. The molecule has 0 aliphatic rings. The summed E-state index contributed by atoms with van der Waals surface area (Å²) in [4.78, 5) is 22.0. The van der Waals surface area contributed by atoms with E-state index in [1.165, 1.54) is 0 Å². The van der Waals surface area contributed by atoms with E-state index in [1.807, 2.05) is 12.1 Å². The highest BCUT2D eigenvalue weighted by molar-refractivity contribution is 5.94. The molecule has 1 atom stereocenters. The smallest absolute Gasteiger partial charge is 0.334 e. The highest BCUT2D eigenvalue weighted by Gasteiger charge is 2.14. The van der Waals surface area contributed by atoms with Crippen molar-refractivity contribution in [1.82, 2.24) is 5.32 Å². The predicted octanol–water partition coefficient (Wildman–Crippen LogP) is 0.985. The molecule has 1 aromatic rings. The summed E-state index contributed by atoms with van der Waals surface area (Å²) < 4.78 is 0. The Kier molecular flexibility index (Phi) is 4.85. The molecule has 0 radical (unpaired) electrons. The van der Waals surface area contributed by atoms with Crippen molar-refractivity contribution in [2.75, 3.05) is 6.54 Å². The van der Waals surface area contributed by atoms with E-state index in [0.29, 0.717) is 11.5 Å². The highest BCUT2D eigenvalue weighted by atomic mass is 16.4. The van der Waals surface area contributed by atoms with Crippen molar-refractivity contribution in [1.29, 1.82) is 0 Å². The number of hydrogen-bond acceptors (Lipinski definition) is 3. The third-order valence-corrected chi connectivity index (χ3v) is 2.58. The van der Waals surface area contributed by atoms with Crippen LogP contribution in [-0.4, -0.2) is 34.7 Å². The third-order valence-electron chi connectivity index (χ3n) is 2.58. The van der Waals surface area contributed by atoms with Gasteiger partial charge in [-0.15, -0.1) is 0 Å². The van der Waals surface area contributed by atoms with Crippen molar-refractivity contribution in [3.63, 3.8) is 0 Å². The molecule has 0 aromatic heterocycles. The molecule has 0 saturated heterocycles. The first-order valence-electron chi connectivity index (χ1n) is 5.71. The molecule has 0 heterocycles. The highest BCUT2D eigenvalue weighted by Crippen LogP contribution is 2.14. The van der Waals surface area contributed by atoms with Crippen LogP contribution in [0.5, 0.6) is 0 Å². The maximum atomic E-state index is 11.6. The minimum atomic E-state index is -1.58. The van der Waals surface area contributed by atoms with Crippen LogP contribution >= 0.6 is 0 Å². The Labute approximate surface area is 105 Å². The number of carboxylic acids is 1. The maximum absolute atomic E-state index is 11.6. The number of aliphatic hydroxyl groups excluding tert-OH is 1. The van der Waals surface area contributed by atoms with Gasteiger partial charge in [0.1, 0.15) is 0 Å². The molecule has 1 rings (SSSR count). The molecule has 3 N–H and O–H groups in total. The van der Waals surface area contributed by atoms with Crippen molar-refractivity contribution in [2.24, 2.45) is 0 Å². The molecule has 0 fully saturated rings. The van der Waals surface area contributed by atoms with Gasteiger partial charge in [0.15, 0.2) is 6.10 Å². The van der Waals surface area contributed by atoms with Gasteiger partial charge in [0.05, 0.1) is 6.54 Å². The first kappa shape index (κ1) is 14.2. The zero-order valence-corrected chi connectivity index (χ0v) is 10.4. The first-order valence-corrected chi connectivity index (χ1v) is 5.71. The second-order valence-corrected chi connectivity index (χ2v) is 4.34. The summed E-state index contributed by atoms with van der Waals surface area (Å²) in [6.07, 6.45) is -1.58. The number of hydrogen-bond donors (Lipinski definition) is 3. The SMILES string of the molecule is CC(C)c1ccc(C(=O)NCC(O)C(=O)O)cc1. The van der Waals surface area contributed by atoms with E-state index in [1.54, 1.807) is 12.1 Å². The van der Waals surface area contributed by atoms with Gasteiger partial charge in [-0.05, 0) is 23.6 Å². The lowest BCUT2D eigenvalue weighted by molar-refractivity contribution is -0.146. The van der Waals surface area contributed by atoms with E-state index >= 15 is 0 Å². The average molecular weight is 251 g/mol. The van der Waals surface area contributed by atoms with E-state index in [-0.39, 0.29) is 6.54 Å². The van der Waals surface area contributed by atoms with Gasteiger partial charge < -0.3 is 15.5 Å². The van der Waals surface area contributed by atoms with Gasteiger partial charge >= 0.3 is 5.97 Å². The Hall–Kier alpha value is -1.88. The minimum absolute atomic E-state index is 0.305. The topological polar surface area (TPSA) is 86.6 Å². The van der Waals surface area contributed by atoms with E-state index in [9.17, 15) is 9.59 Å². The predicted molar refractivity (Wildman–Crippen MR) is 66.5 cm³/mol. The normalized spacial score (nSPS) is 12.2. The van der Waals surface area contributed by atoms with E-state index in [4.69, 9.17) is 10.2 Å². The van der Waals surface area contributed by atoms with Crippen LogP contribution in [0.25, 0.3) is 0 Å². The molecule has 0 aliphatic heterocycles. The van der Waals surface area contributed by atoms with Crippen LogP contribution in [0.4, 0.5) is 0 Å². The average Bonchev–Trinajstić information content (AvgIpc) is 2.35. The third kappa shape index (κ3) is 3.85. The molecule has 0 bridgehead atoms. The molecule has 1 amide bonds. The number of nitrogens with one attached hydrogen (secondary N) is 1. The van der Waals surface area contributed by atoms with E-state index < -0.39 is 18.0 Å². The summed E-state index contributed by atoms with van der Waals surface area (Å²) in [7, 11) is 0. The van der Waals surface area contributed by atoms with Crippen molar-refractivity contribution < 1.29 is 19.8 Å². The zero-order chi connectivity index (χ0) is 13.7. The van der Waals surface area contributed by atoms with Crippen LogP contribution in [-0.2, 0) is 4.79 Å². The standard InChI is InChI=1S/C13H17NO4/c1-8(2)9-3-5-10(6-4-9)12(16)14-7-11(15)13(17)18/h3-6,8,11,15H,7H2,1-2H3,(H,14,16)(H,17,18). The number of benzene rings is 1.